The van der Waals surface area contributed by atoms with Crippen LogP contribution in [0.15, 0.2) is 22.9 Å². The van der Waals surface area contributed by atoms with Crippen molar-refractivity contribution in [1.29, 1.82) is 5.26 Å². The summed E-state index contributed by atoms with van der Waals surface area (Å²) < 4.78 is 2.53. The molecule has 8 heteroatoms. The van der Waals surface area contributed by atoms with E-state index in [1.165, 1.54) is 4.90 Å². The van der Waals surface area contributed by atoms with E-state index in [-0.39, 0.29) is 6.04 Å². The molecule has 0 bridgehead atoms. The fourth-order valence-electron chi connectivity index (χ4n) is 2.85. The molecule has 1 atom stereocenters. The second-order valence-corrected chi connectivity index (χ2v) is 6.19. The molecular formula is C14H14BrN5O2. The average Bonchev–Trinajstić information content (AvgIpc) is 2.88. The average molecular weight is 364 g/mol. The molecule has 1 saturated heterocycles. The predicted octanol–water partition coefficient (Wildman–Crippen LogP) is 2.16. The highest BCUT2D eigenvalue weighted by molar-refractivity contribution is 9.10. The van der Waals surface area contributed by atoms with Crippen molar-refractivity contribution in [2.45, 2.75) is 13.0 Å². The van der Waals surface area contributed by atoms with E-state index in [0.29, 0.717) is 25.2 Å². The van der Waals surface area contributed by atoms with Gasteiger partial charge in [0.05, 0.1) is 17.4 Å². The molecule has 1 fully saturated rings. The van der Waals surface area contributed by atoms with Crippen molar-refractivity contribution in [3.63, 3.8) is 0 Å². The van der Waals surface area contributed by atoms with Gasteiger partial charge in [-0.25, -0.2) is 9.31 Å². The Morgan fingerprint density at radius 2 is 2.32 bits per heavy atom. The Bertz CT molecular complexity index is 781. The zero-order chi connectivity index (χ0) is 15.9. The lowest BCUT2D eigenvalue weighted by molar-refractivity contribution is 0.123. The van der Waals surface area contributed by atoms with Crippen LogP contribution in [0, 0.1) is 11.3 Å². The number of hydrogen-bond acceptors (Lipinski definition) is 4. The number of carbonyl (C=O) groups is 1. The Hall–Kier alpha value is -2.27. The molecule has 3 rings (SSSR count). The Balaban J connectivity index is 2.02. The van der Waals surface area contributed by atoms with E-state index in [1.807, 2.05) is 13.0 Å². The van der Waals surface area contributed by atoms with Gasteiger partial charge in [0, 0.05) is 36.3 Å². The largest absolute Gasteiger partial charge is 0.465 e. The molecule has 0 spiro atoms. The molecule has 0 saturated carbocycles. The van der Waals surface area contributed by atoms with E-state index in [2.05, 4.69) is 32.0 Å². The quantitative estimate of drug-likeness (QED) is 0.838. The molecule has 1 N–H and O–H groups in total. The number of halogens is 1. The van der Waals surface area contributed by atoms with Gasteiger partial charge >= 0.3 is 6.09 Å². The second kappa shape index (κ2) is 5.50. The predicted molar refractivity (Wildman–Crippen MR) is 84.0 cm³/mol. The van der Waals surface area contributed by atoms with Gasteiger partial charge in [-0.15, -0.1) is 0 Å². The van der Waals surface area contributed by atoms with Gasteiger partial charge in [-0.3, -0.25) is 0 Å². The maximum Gasteiger partial charge on any atom is 0.407 e. The molecule has 0 unspecified atom stereocenters. The van der Waals surface area contributed by atoms with Crippen LogP contribution in [0.4, 0.5) is 10.5 Å². The molecule has 0 aliphatic carbocycles. The molecule has 1 aliphatic rings. The van der Waals surface area contributed by atoms with Crippen molar-refractivity contribution in [2.75, 3.05) is 24.5 Å². The molecular weight excluding hydrogens is 350 g/mol. The highest BCUT2D eigenvalue weighted by Crippen LogP contribution is 2.30. The van der Waals surface area contributed by atoms with E-state index in [0.717, 1.165) is 15.7 Å². The number of hydrogen-bond donors (Lipinski definition) is 1. The highest BCUT2D eigenvalue weighted by atomic mass is 79.9. The molecule has 114 valence electrons. The van der Waals surface area contributed by atoms with Gasteiger partial charge in [-0.05, 0) is 28.9 Å². The minimum Gasteiger partial charge on any atom is -0.465 e. The zero-order valence-electron chi connectivity index (χ0n) is 11.9. The third kappa shape index (κ3) is 2.37. The number of rotatable bonds is 1. The van der Waals surface area contributed by atoms with Gasteiger partial charge in [-0.1, -0.05) is 0 Å². The molecule has 22 heavy (non-hydrogen) atoms. The lowest BCUT2D eigenvalue weighted by Crippen LogP contribution is -2.53. The van der Waals surface area contributed by atoms with Crippen LogP contribution in [-0.2, 0) is 0 Å². The maximum atomic E-state index is 11.2. The Kier molecular flexibility index (Phi) is 3.66. The van der Waals surface area contributed by atoms with Crippen molar-refractivity contribution < 1.29 is 9.90 Å². The summed E-state index contributed by atoms with van der Waals surface area (Å²) in [7, 11) is 0. The van der Waals surface area contributed by atoms with Crippen molar-refractivity contribution in [3.05, 3.63) is 28.5 Å². The van der Waals surface area contributed by atoms with Crippen LogP contribution in [0.1, 0.15) is 12.5 Å². The molecule has 0 radical (unpaired) electrons. The summed E-state index contributed by atoms with van der Waals surface area (Å²) in [5, 5.41) is 22.6. The number of nitrogens with zero attached hydrogens (tertiary/aromatic N) is 5. The van der Waals surface area contributed by atoms with E-state index in [9.17, 15) is 15.2 Å². The summed E-state index contributed by atoms with van der Waals surface area (Å²) in [6.45, 7) is 3.48. The smallest absolute Gasteiger partial charge is 0.407 e. The summed E-state index contributed by atoms with van der Waals surface area (Å²) in [6, 6.07) is 3.99. The van der Waals surface area contributed by atoms with Crippen LogP contribution in [0.25, 0.3) is 5.52 Å². The highest BCUT2D eigenvalue weighted by Gasteiger charge is 2.28. The van der Waals surface area contributed by atoms with Crippen LogP contribution in [0.5, 0.6) is 0 Å². The van der Waals surface area contributed by atoms with Crippen LogP contribution in [-0.4, -0.2) is 51.4 Å². The van der Waals surface area contributed by atoms with Gasteiger partial charge in [0.2, 0.25) is 0 Å². The normalized spacial score (nSPS) is 18.5. The minimum absolute atomic E-state index is 0.112. The third-order valence-corrected chi connectivity index (χ3v) is 4.33. The molecule has 2 aromatic rings. The van der Waals surface area contributed by atoms with Crippen LogP contribution < -0.4 is 4.90 Å². The molecule has 7 nitrogen and oxygen atoms in total. The Labute approximate surface area is 135 Å². The molecule has 3 heterocycles. The Morgan fingerprint density at radius 1 is 1.55 bits per heavy atom. The van der Waals surface area contributed by atoms with E-state index < -0.39 is 6.09 Å². The first-order valence-electron chi connectivity index (χ1n) is 6.82. The van der Waals surface area contributed by atoms with Crippen LogP contribution >= 0.6 is 15.9 Å². The van der Waals surface area contributed by atoms with Crippen molar-refractivity contribution in [2.24, 2.45) is 0 Å². The number of aromatic nitrogens is 2. The summed E-state index contributed by atoms with van der Waals surface area (Å²) in [5.41, 5.74) is 2.15. The molecule has 0 aromatic carbocycles. The maximum absolute atomic E-state index is 11.2. The first kappa shape index (κ1) is 14.7. The minimum atomic E-state index is -0.895. The number of anilines is 1. The first-order chi connectivity index (χ1) is 10.5. The van der Waals surface area contributed by atoms with Gasteiger partial charge < -0.3 is 14.9 Å². The zero-order valence-corrected chi connectivity index (χ0v) is 13.5. The number of fused-ring (bicyclic) bond motifs is 1. The number of amides is 1. The molecule has 1 aliphatic heterocycles. The van der Waals surface area contributed by atoms with Crippen LogP contribution in [0.3, 0.4) is 0 Å². The van der Waals surface area contributed by atoms with Gasteiger partial charge in [0.15, 0.2) is 0 Å². The van der Waals surface area contributed by atoms with Crippen molar-refractivity contribution in [1.82, 2.24) is 14.5 Å². The van der Waals surface area contributed by atoms with Gasteiger partial charge in [0.25, 0.3) is 0 Å². The monoisotopic (exact) mass is 363 g/mol. The fourth-order valence-corrected chi connectivity index (χ4v) is 3.26. The lowest BCUT2D eigenvalue weighted by atomic mass is 10.1. The number of pyridine rings is 1. The standard InChI is InChI=1S/C14H14BrN5O2/c1-9-7-18(2-3-19(9)14(21)22)12-4-11(15)8-20-13(12)10(5-16)6-17-20/h4,6,8-9H,2-3,7H2,1H3,(H,21,22)/t9-/m1/s1. The number of piperazine rings is 1. The van der Waals surface area contributed by atoms with Crippen LogP contribution in [0.2, 0.25) is 0 Å². The van der Waals surface area contributed by atoms with Gasteiger partial charge in [-0.2, -0.15) is 10.4 Å². The number of nitriles is 1. The summed E-state index contributed by atoms with van der Waals surface area (Å²) >= 11 is 3.46. The Morgan fingerprint density at radius 3 is 2.95 bits per heavy atom. The van der Waals surface area contributed by atoms with Crippen molar-refractivity contribution in [3.8, 4) is 6.07 Å². The SMILES string of the molecule is C[C@@H]1CN(c2cc(Br)cn3ncc(C#N)c23)CCN1C(=O)O. The molecule has 1 amide bonds. The first-order valence-corrected chi connectivity index (χ1v) is 7.62. The summed E-state index contributed by atoms with van der Waals surface area (Å²) in [5.74, 6) is 0. The second-order valence-electron chi connectivity index (χ2n) is 5.28. The molecule has 2 aromatic heterocycles. The van der Waals surface area contributed by atoms with E-state index in [4.69, 9.17) is 0 Å². The summed E-state index contributed by atoms with van der Waals surface area (Å²) in [6.07, 6.45) is 2.45. The van der Waals surface area contributed by atoms with E-state index in [1.54, 1.807) is 16.9 Å². The van der Waals surface area contributed by atoms with E-state index >= 15 is 0 Å². The third-order valence-electron chi connectivity index (χ3n) is 3.89. The number of carboxylic acid groups (broad SMARTS) is 1. The topological polar surface area (TPSA) is 84.9 Å². The summed E-state index contributed by atoms with van der Waals surface area (Å²) in [4.78, 5) is 14.7. The fraction of sp³-hybridized carbons (Fsp3) is 0.357. The van der Waals surface area contributed by atoms with Crippen molar-refractivity contribution >= 4 is 33.2 Å². The lowest BCUT2D eigenvalue weighted by Gasteiger charge is -2.39. The van der Waals surface area contributed by atoms with Gasteiger partial charge in [0.1, 0.15) is 11.6 Å².